The second-order valence-corrected chi connectivity index (χ2v) is 7.02. The van der Waals surface area contributed by atoms with Crippen molar-refractivity contribution in [3.63, 3.8) is 0 Å². The lowest BCUT2D eigenvalue weighted by Crippen LogP contribution is -2.31. The van der Waals surface area contributed by atoms with Crippen LogP contribution in [-0.4, -0.2) is 35.7 Å². The first-order chi connectivity index (χ1) is 14.2. The first kappa shape index (κ1) is 19.0. The number of methoxy groups -OCH3 is 2. The van der Waals surface area contributed by atoms with E-state index < -0.39 is 0 Å². The van der Waals surface area contributed by atoms with Crippen LogP contribution in [0.5, 0.6) is 11.5 Å². The van der Waals surface area contributed by atoms with Crippen molar-refractivity contribution in [2.45, 2.75) is 26.4 Å². The Morgan fingerprint density at radius 2 is 1.86 bits per heavy atom. The lowest BCUT2D eigenvalue weighted by atomic mass is 9.99. The lowest BCUT2D eigenvalue weighted by Gasteiger charge is -2.30. The normalized spacial score (nSPS) is 13.0. The van der Waals surface area contributed by atoms with Crippen LogP contribution in [0, 0.1) is 6.92 Å². The maximum Gasteiger partial charge on any atom is 0.161 e. The van der Waals surface area contributed by atoms with Crippen molar-refractivity contribution in [3.05, 3.63) is 65.2 Å². The number of aromatic nitrogens is 3. The Morgan fingerprint density at radius 1 is 1.07 bits per heavy atom. The maximum absolute atomic E-state index is 5.47. The molecule has 1 aliphatic rings. The van der Waals surface area contributed by atoms with Gasteiger partial charge in [0.1, 0.15) is 17.5 Å². The number of hydrogen-bond acceptors (Lipinski definition) is 7. The molecule has 0 fully saturated rings. The van der Waals surface area contributed by atoms with E-state index in [9.17, 15) is 0 Å². The third-order valence-electron chi connectivity index (χ3n) is 5.06. The number of anilines is 2. The Morgan fingerprint density at radius 3 is 2.59 bits per heavy atom. The molecule has 0 saturated heterocycles. The lowest BCUT2D eigenvalue weighted by molar-refractivity contribution is 0.353. The molecule has 0 radical (unpaired) electrons. The van der Waals surface area contributed by atoms with Gasteiger partial charge in [0.15, 0.2) is 11.5 Å². The van der Waals surface area contributed by atoms with Crippen LogP contribution in [0.15, 0.2) is 42.7 Å². The molecular formula is C22H25N5O2. The summed E-state index contributed by atoms with van der Waals surface area (Å²) in [6.45, 7) is 4.25. The first-order valence-electron chi connectivity index (χ1n) is 9.63. The SMILES string of the molecule is COc1cc2c(cc1OC)CN(c1cc(NCc3cccnc3)nc(C)n1)CC2. The fourth-order valence-corrected chi connectivity index (χ4v) is 3.58. The molecule has 0 saturated carbocycles. The number of nitrogens with one attached hydrogen (secondary N) is 1. The monoisotopic (exact) mass is 391 g/mol. The van der Waals surface area contributed by atoms with E-state index in [0.29, 0.717) is 6.54 Å². The van der Waals surface area contributed by atoms with Gasteiger partial charge in [-0.3, -0.25) is 4.98 Å². The summed E-state index contributed by atoms with van der Waals surface area (Å²) in [4.78, 5) is 15.6. The minimum absolute atomic E-state index is 0.670. The zero-order valence-electron chi connectivity index (χ0n) is 17.0. The summed E-state index contributed by atoms with van der Waals surface area (Å²) < 4.78 is 10.9. The Kier molecular flexibility index (Phi) is 5.46. The molecule has 0 atom stereocenters. The number of benzene rings is 1. The second kappa shape index (κ2) is 8.34. The van der Waals surface area contributed by atoms with E-state index >= 15 is 0 Å². The second-order valence-electron chi connectivity index (χ2n) is 7.02. The van der Waals surface area contributed by atoms with Crippen molar-refractivity contribution in [3.8, 4) is 11.5 Å². The van der Waals surface area contributed by atoms with Gasteiger partial charge in [0.2, 0.25) is 0 Å². The van der Waals surface area contributed by atoms with Gasteiger partial charge in [0.25, 0.3) is 0 Å². The van der Waals surface area contributed by atoms with Crippen LogP contribution in [0.25, 0.3) is 0 Å². The highest BCUT2D eigenvalue weighted by Crippen LogP contribution is 2.34. The van der Waals surface area contributed by atoms with E-state index in [1.54, 1.807) is 20.4 Å². The predicted octanol–water partition coefficient (Wildman–Crippen LogP) is 3.37. The molecule has 0 unspecified atom stereocenters. The smallest absolute Gasteiger partial charge is 0.161 e. The van der Waals surface area contributed by atoms with E-state index in [4.69, 9.17) is 9.47 Å². The molecular weight excluding hydrogens is 366 g/mol. The molecule has 150 valence electrons. The molecule has 1 aromatic carbocycles. The average Bonchev–Trinajstić information content (AvgIpc) is 2.76. The van der Waals surface area contributed by atoms with E-state index in [0.717, 1.165) is 54.0 Å². The maximum atomic E-state index is 5.47. The van der Waals surface area contributed by atoms with Crippen molar-refractivity contribution in [1.29, 1.82) is 0 Å². The van der Waals surface area contributed by atoms with E-state index in [1.807, 2.05) is 31.3 Å². The summed E-state index contributed by atoms with van der Waals surface area (Å²) in [5, 5.41) is 3.38. The van der Waals surface area contributed by atoms with Crippen LogP contribution in [0.4, 0.5) is 11.6 Å². The summed E-state index contributed by atoms with van der Waals surface area (Å²) in [6, 6.07) is 10.1. The van der Waals surface area contributed by atoms with Gasteiger partial charge in [-0.1, -0.05) is 6.07 Å². The van der Waals surface area contributed by atoms with Gasteiger partial charge in [-0.15, -0.1) is 0 Å². The van der Waals surface area contributed by atoms with Gasteiger partial charge >= 0.3 is 0 Å². The molecule has 3 heterocycles. The fraction of sp³-hybridized carbons (Fsp3) is 0.318. The number of fused-ring (bicyclic) bond motifs is 1. The summed E-state index contributed by atoms with van der Waals surface area (Å²) in [5.41, 5.74) is 3.63. The third kappa shape index (κ3) is 4.23. The van der Waals surface area contributed by atoms with Crippen LogP contribution in [-0.2, 0) is 19.5 Å². The molecule has 1 N–H and O–H groups in total. The molecule has 4 rings (SSSR count). The molecule has 3 aromatic rings. The summed E-state index contributed by atoms with van der Waals surface area (Å²) in [6.07, 6.45) is 4.55. The van der Waals surface area contributed by atoms with Crippen molar-refractivity contribution in [2.24, 2.45) is 0 Å². The first-order valence-corrected chi connectivity index (χ1v) is 9.63. The largest absolute Gasteiger partial charge is 0.493 e. The van der Waals surface area contributed by atoms with Crippen LogP contribution in [0.1, 0.15) is 22.5 Å². The highest BCUT2D eigenvalue weighted by atomic mass is 16.5. The molecule has 0 spiro atoms. The van der Waals surface area contributed by atoms with Crippen molar-refractivity contribution >= 4 is 11.6 Å². The summed E-state index contributed by atoms with van der Waals surface area (Å²) in [7, 11) is 3.34. The fourth-order valence-electron chi connectivity index (χ4n) is 3.58. The molecule has 0 bridgehead atoms. The highest BCUT2D eigenvalue weighted by molar-refractivity contribution is 5.54. The van der Waals surface area contributed by atoms with Gasteiger partial charge in [0, 0.05) is 38.1 Å². The van der Waals surface area contributed by atoms with Gasteiger partial charge in [-0.05, 0) is 48.2 Å². The van der Waals surface area contributed by atoms with Crippen molar-refractivity contribution in [1.82, 2.24) is 15.0 Å². The third-order valence-corrected chi connectivity index (χ3v) is 5.06. The number of aryl methyl sites for hydroxylation is 1. The summed E-state index contributed by atoms with van der Waals surface area (Å²) >= 11 is 0. The van der Waals surface area contributed by atoms with Gasteiger partial charge in [-0.25, -0.2) is 9.97 Å². The number of rotatable bonds is 6. The van der Waals surface area contributed by atoms with Gasteiger partial charge in [-0.2, -0.15) is 0 Å². The Bertz CT molecular complexity index is 994. The standard InChI is InChI=1S/C22H25N5O2/c1-15-25-21(24-13-16-5-4-7-23-12-16)11-22(26-15)27-8-6-17-9-19(28-2)20(29-3)10-18(17)14-27/h4-5,7,9-12H,6,8,13-14H2,1-3H3,(H,24,25,26). The number of pyridine rings is 1. The molecule has 2 aromatic heterocycles. The van der Waals surface area contributed by atoms with E-state index in [-0.39, 0.29) is 0 Å². The minimum Gasteiger partial charge on any atom is -0.493 e. The quantitative estimate of drug-likeness (QED) is 0.691. The van der Waals surface area contributed by atoms with E-state index in [1.165, 1.54) is 11.1 Å². The topological polar surface area (TPSA) is 72.4 Å². The molecule has 7 nitrogen and oxygen atoms in total. The zero-order chi connectivity index (χ0) is 20.2. The van der Waals surface area contributed by atoms with Gasteiger partial charge in [0.05, 0.1) is 14.2 Å². The average molecular weight is 391 g/mol. The van der Waals surface area contributed by atoms with Crippen LogP contribution in [0.2, 0.25) is 0 Å². The molecule has 0 amide bonds. The molecule has 29 heavy (non-hydrogen) atoms. The van der Waals surface area contributed by atoms with Crippen molar-refractivity contribution < 1.29 is 9.47 Å². The number of hydrogen-bond donors (Lipinski definition) is 1. The molecule has 1 aliphatic heterocycles. The van der Waals surface area contributed by atoms with E-state index in [2.05, 4.69) is 37.3 Å². The highest BCUT2D eigenvalue weighted by Gasteiger charge is 2.21. The van der Waals surface area contributed by atoms with Crippen LogP contribution in [0.3, 0.4) is 0 Å². The number of nitrogens with zero attached hydrogens (tertiary/aromatic N) is 4. The van der Waals surface area contributed by atoms with Crippen molar-refractivity contribution in [2.75, 3.05) is 31.0 Å². The Balaban J connectivity index is 1.54. The minimum atomic E-state index is 0.670. The molecule has 0 aliphatic carbocycles. The number of ether oxygens (including phenoxy) is 2. The Hall–Kier alpha value is -3.35. The van der Waals surface area contributed by atoms with Gasteiger partial charge < -0.3 is 19.7 Å². The zero-order valence-corrected chi connectivity index (χ0v) is 17.0. The van der Waals surface area contributed by atoms with Crippen LogP contribution < -0.4 is 19.7 Å². The Labute approximate surface area is 170 Å². The molecule has 7 heteroatoms. The van der Waals surface area contributed by atoms with Crippen LogP contribution >= 0.6 is 0 Å². The summed E-state index contributed by atoms with van der Waals surface area (Å²) in [5.74, 6) is 4.01. The predicted molar refractivity (Wildman–Crippen MR) is 113 cm³/mol.